The van der Waals surface area contributed by atoms with Gasteiger partial charge in [-0.05, 0) is 76.8 Å². The van der Waals surface area contributed by atoms with E-state index in [-0.39, 0.29) is 28.1 Å². The Morgan fingerprint density at radius 1 is 0.438 bits per heavy atom. The molecule has 0 saturated carbocycles. The molecule has 264 valence electrons. The predicted octanol–water partition coefficient (Wildman–Crippen LogP) is 12.6. The molecule has 0 aliphatic carbocycles. The van der Waals surface area contributed by atoms with Gasteiger partial charge in [0, 0.05) is 17.7 Å². The molecule has 48 heavy (non-hydrogen) atoms. The van der Waals surface area contributed by atoms with Crippen LogP contribution in [-0.2, 0) is 0 Å². The Balaban J connectivity index is 0.000000320. The van der Waals surface area contributed by atoms with Crippen LogP contribution in [0, 0.1) is 29.1 Å². The van der Waals surface area contributed by atoms with Gasteiger partial charge >= 0.3 is 0 Å². The molecule has 4 aromatic rings. The first-order chi connectivity index (χ1) is 22.5. The normalized spacial score (nSPS) is 10.5. The van der Waals surface area contributed by atoms with Gasteiger partial charge in [0.05, 0.1) is 26.4 Å². The minimum absolute atomic E-state index is 0.0589. The monoisotopic (exact) mass is 694 g/mol. The van der Waals surface area contributed by atoms with Gasteiger partial charge in [-0.2, -0.15) is 0 Å². The summed E-state index contributed by atoms with van der Waals surface area (Å²) in [5, 5.41) is 0.189. The molecule has 9 heteroatoms. The number of halogens is 6. The summed E-state index contributed by atoms with van der Waals surface area (Å²) in [5.41, 5.74) is 3.18. The van der Waals surface area contributed by atoms with E-state index in [0.29, 0.717) is 35.6 Å². The van der Waals surface area contributed by atoms with Gasteiger partial charge in [0.15, 0.2) is 23.1 Å². The second kappa shape index (κ2) is 20.6. The molecule has 0 bridgehead atoms. The van der Waals surface area contributed by atoms with Crippen molar-refractivity contribution >= 4 is 11.6 Å². The van der Waals surface area contributed by atoms with Gasteiger partial charge in [-0.15, -0.1) is 0 Å². The van der Waals surface area contributed by atoms with Gasteiger partial charge in [-0.3, -0.25) is 0 Å². The van der Waals surface area contributed by atoms with Crippen molar-refractivity contribution in [1.29, 1.82) is 0 Å². The number of hydrogen-bond acceptors (Lipinski definition) is 3. The molecular weight excluding hydrogens is 647 g/mol. The smallest absolute Gasteiger partial charge is 0.165 e. The van der Waals surface area contributed by atoms with Crippen LogP contribution in [0.1, 0.15) is 101 Å². The molecule has 0 unspecified atom stereocenters. The molecule has 0 aromatic heterocycles. The lowest BCUT2D eigenvalue weighted by atomic mass is 10.0. The van der Waals surface area contributed by atoms with Crippen molar-refractivity contribution in [3.8, 4) is 17.2 Å². The van der Waals surface area contributed by atoms with Gasteiger partial charge in [0.2, 0.25) is 0 Å². The highest BCUT2D eigenvalue weighted by molar-refractivity contribution is 6.30. The maximum atomic E-state index is 13.1. The molecule has 0 radical (unpaired) electrons. The zero-order valence-electron chi connectivity index (χ0n) is 29.7. The number of benzene rings is 4. The van der Waals surface area contributed by atoms with Crippen LogP contribution in [0.5, 0.6) is 17.2 Å². The van der Waals surface area contributed by atoms with Crippen LogP contribution >= 0.6 is 11.6 Å². The minimum atomic E-state index is -0.880. The number of ether oxygens (including phenoxy) is 3. The van der Waals surface area contributed by atoms with Crippen molar-refractivity contribution in [3.63, 3.8) is 0 Å². The first-order valence-electron chi connectivity index (χ1n) is 15.6. The quantitative estimate of drug-likeness (QED) is 0.180. The third-order valence-electron chi connectivity index (χ3n) is 7.15. The highest BCUT2D eigenvalue weighted by atomic mass is 35.5. The van der Waals surface area contributed by atoms with Crippen molar-refractivity contribution in [3.05, 3.63) is 123 Å². The van der Waals surface area contributed by atoms with Gasteiger partial charge in [-0.25, -0.2) is 22.0 Å². The lowest BCUT2D eigenvalue weighted by Gasteiger charge is -2.11. The molecule has 0 amide bonds. The molecule has 0 fully saturated rings. The summed E-state index contributed by atoms with van der Waals surface area (Å²) in [6.07, 6.45) is 0. The highest BCUT2D eigenvalue weighted by Crippen LogP contribution is 2.30. The van der Waals surface area contributed by atoms with Crippen molar-refractivity contribution in [2.75, 3.05) is 21.3 Å². The second-order valence-electron chi connectivity index (χ2n) is 12.1. The Bertz CT molecular complexity index is 1550. The van der Waals surface area contributed by atoms with Crippen molar-refractivity contribution < 1.29 is 36.2 Å². The SMILES string of the molecule is CC(C)c1c(F)cc(F)cc1F.CC(C)c1ccc(Cl)c(F)c1.COc1ccc(C(C)C)cc1F.COc1ccc(C(C)C)cc1OC. The van der Waals surface area contributed by atoms with Crippen LogP contribution in [0.3, 0.4) is 0 Å². The zero-order valence-corrected chi connectivity index (χ0v) is 30.4. The molecule has 0 N–H and O–H groups in total. The molecule has 4 rings (SSSR count). The van der Waals surface area contributed by atoms with E-state index in [0.717, 1.165) is 22.6 Å². The third kappa shape index (κ3) is 13.4. The molecule has 0 atom stereocenters. The van der Waals surface area contributed by atoms with Crippen LogP contribution in [0.15, 0.2) is 66.7 Å². The van der Waals surface area contributed by atoms with E-state index in [1.165, 1.54) is 24.8 Å². The third-order valence-corrected chi connectivity index (χ3v) is 7.45. The van der Waals surface area contributed by atoms with Crippen LogP contribution in [0.2, 0.25) is 5.02 Å². The summed E-state index contributed by atoms with van der Waals surface area (Å²) in [6.45, 7) is 15.7. The van der Waals surface area contributed by atoms with E-state index in [9.17, 15) is 22.0 Å². The average molecular weight is 695 g/mol. The highest BCUT2D eigenvalue weighted by Gasteiger charge is 2.14. The van der Waals surface area contributed by atoms with Gasteiger partial charge in [0.25, 0.3) is 0 Å². The lowest BCUT2D eigenvalue weighted by molar-refractivity contribution is 0.354. The molecule has 0 aliphatic rings. The Kier molecular flexibility index (Phi) is 18.1. The van der Waals surface area contributed by atoms with E-state index in [2.05, 4.69) is 19.9 Å². The van der Waals surface area contributed by atoms with Gasteiger partial charge < -0.3 is 14.2 Å². The van der Waals surface area contributed by atoms with Crippen LogP contribution in [0.25, 0.3) is 0 Å². The summed E-state index contributed by atoms with van der Waals surface area (Å²) in [5.74, 6) is -0.307. The molecular formula is C39H48ClF5O3. The molecule has 0 saturated heterocycles. The summed E-state index contributed by atoms with van der Waals surface area (Å²) >= 11 is 5.51. The average Bonchev–Trinajstić information content (AvgIpc) is 3.02. The summed E-state index contributed by atoms with van der Waals surface area (Å²) in [6, 6.07) is 17.4. The largest absolute Gasteiger partial charge is 0.494 e. The Morgan fingerprint density at radius 3 is 1.21 bits per heavy atom. The predicted molar refractivity (Wildman–Crippen MR) is 187 cm³/mol. The fraction of sp³-hybridized carbons (Fsp3) is 0.385. The van der Waals surface area contributed by atoms with Crippen molar-refractivity contribution in [1.82, 2.24) is 0 Å². The standard InChI is InChI=1S/C11H16O2.C10H13FO.C9H10ClF.C9H9F3/c1-8(2)9-5-6-10(12-3)11(7-9)13-4;1-7(2)8-4-5-10(12-3)9(11)6-8;1-6(2)7-3-4-8(10)9(11)5-7;1-5(2)9-7(11)3-6(10)4-8(9)12/h5-8H,1-4H3;4-7H,1-3H3;3-6H,1-2H3;3-5H,1-2H3. The maximum Gasteiger partial charge on any atom is 0.165 e. The van der Waals surface area contributed by atoms with Gasteiger partial charge in [-0.1, -0.05) is 85.2 Å². The van der Waals surface area contributed by atoms with E-state index >= 15 is 0 Å². The van der Waals surface area contributed by atoms with Crippen LogP contribution in [0.4, 0.5) is 22.0 Å². The fourth-order valence-corrected chi connectivity index (χ4v) is 4.35. The fourth-order valence-electron chi connectivity index (χ4n) is 4.23. The zero-order chi connectivity index (χ0) is 36.7. The van der Waals surface area contributed by atoms with E-state index in [4.69, 9.17) is 25.8 Å². The van der Waals surface area contributed by atoms with E-state index in [1.807, 2.05) is 52.0 Å². The maximum absolute atomic E-state index is 13.1. The van der Waals surface area contributed by atoms with E-state index in [1.54, 1.807) is 40.2 Å². The Morgan fingerprint density at radius 2 is 0.833 bits per heavy atom. The molecule has 4 aromatic carbocycles. The molecule has 0 aliphatic heterocycles. The minimum Gasteiger partial charge on any atom is -0.494 e. The number of rotatable bonds is 7. The molecule has 0 spiro atoms. The van der Waals surface area contributed by atoms with Crippen molar-refractivity contribution in [2.24, 2.45) is 0 Å². The van der Waals surface area contributed by atoms with Crippen LogP contribution in [-0.4, -0.2) is 21.3 Å². The molecule has 0 heterocycles. The Hall–Kier alpha value is -3.78. The van der Waals surface area contributed by atoms with Crippen molar-refractivity contribution in [2.45, 2.75) is 79.1 Å². The summed E-state index contributed by atoms with van der Waals surface area (Å²) in [4.78, 5) is 0. The number of hydrogen-bond donors (Lipinski definition) is 0. The number of methoxy groups -OCH3 is 3. The van der Waals surface area contributed by atoms with Crippen LogP contribution < -0.4 is 14.2 Å². The topological polar surface area (TPSA) is 27.7 Å². The first-order valence-corrected chi connectivity index (χ1v) is 16.0. The summed E-state index contributed by atoms with van der Waals surface area (Å²) in [7, 11) is 4.77. The first kappa shape index (κ1) is 42.2. The van der Waals surface area contributed by atoms with Gasteiger partial charge in [0.1, 0.15) is 23.3 Å². The molecule has 3 nitrogen and oxygen atoms in total. The Labute approximate surface area is 288 Å². The lowest BCUT2D eigenvalue weighted by Crippen LogP contribution is -1.98. The second-order valence-corrected chi connectivity index (χ2v) is 12.5. The summed E-state index contributed by atoms with van der Waals surface area (Å²) < 4.78 is 79.2. The van der Waals surface area contributed by atoms with E-state index < -0.39 is 17.5 Å².